The predicted molar refractivity (Wildman–Crippen MR) is 97.5 cm³/mol. The fraction of sp³-hybridized carbons (Fsp3) is 0.278. The summed E-state index contributed by atoms with van der Waals surface area (Å²) in [7, 11) is 0. The zero-order valence-electron chi connectivity index (χ0n) is 13.6. The summed E-state index contributed by atoms with van der Waals surface area (Å²) in [4.78, 5) is 2.37. The van der Waals surface area contributed by atoms with Gasteiger partial charge >= 0.3 is 0 Å². The second kappa shape index (κ2) is 7.43. The summed E-state index contributed by atoms with van der Waals surface area (Å²) in [5.41, 5.74) is 2.12. The highest BCUT2D eigenvalue weighted by atomic mass is 79.9. The maximum Gasteiger partial charge on any atom is 0.178 e. The van der Waals surface area contributed by atoms with Crippen molar-refractivity contribution >= 4 is 15.9 Å². The van der Waals surface area contributed by atoms with Gasteiger partial charge in [0.25, 0.3) is 0 Å². The number of aromatic nitrogens is 4. The molecule has 0 amide bonds. The molecule has 1 atom stereocenters. The molecule has 0 bridgehead atoms. The van der Waals surface area contributed by atoms with Crippen LogP contribution in [0.3, 0.4) is 0 Å². The quantitative estimate of drug-likeness (QED) is 0.674. The lowest BCUT2D eigenvalue weighted by Gasteiger charge is -2.33. The highest BCUT2D eigenvalue weighted by molar-refractivity contribution is 9.10. The molecule has 1 fully saturated rings. The van der Waals surface area contributed by atoms with Gasteiger partial charge < -0.3 is 4.74 Å². The molecular weight excluding hydrogens is 382 g/mol. The number of morpholine rings is 1. The number of benzene rings is 2. The van der Waals surface area contributed by atoms with Crippen molar-refractivity contribution in [3.63, 3.8) is 0 Å². The number of ether oxygens (including phenoxy) is 1. The van der Waals surface area contributed by atoms with Crippen molar-refractivity contribution in [2.24, 2.45) is 0 Å². The molecule has 2 aromatic carbocycles. The van der Waals surface area contributed by atoms with Crippen LogP contribution in [0.25, 0.3) is 5.69 Å². The third-order valence-corrected chi connectivity index (χ3v) is 4.86. The maximum absolute atomic E-state index is 5.53. The second-order valence-electron chi connectivity index (χ2n) is 5.89. The van der Waals surface area contributed by atoms with Gasteiger partial charge in [-0.2, -0.15) is 4.68 Å². The Balaban J connectivity index is 1.78. The second-order valence-corrected chi connectivity index (χ2v) is 6.80. The van der Waals surface area contributed by atoms with E-state index in [-0.39, 0.29) is 6.04 Å². The molecular formula is C18H18BrN5O. The molecule has 0 spiro atoms. The highest BCUT2D eigenvalue weighted by Gasteiger charge is 2.29. The van der Waals surface area contributed by atoms with Gasteiger partial charge in [0.15, 0.2) is 5.82 Å². The SMILES string of the molecule is Brc1ccc(-n2nnnc2[C@@H](c2ccccc2)N2CCOCC2)cc1. The van der Waals surface area contributed by atoms with Gasteiger partial charge in [0.2, 0.25) is 0 Å². The van der Waals surface area contributed by atoms with Crippen molar-refractivity contribution in [3.8, 4) is 5.69 Å². The minimum Gasteiger partial charge on any atom is -0.379 e. The van der Waals surface area contributed by atoms with Crippen LogP contribution < -0.4 is 0 Å². The van der Waals surface area contributed by atoms with Crippen molar-refractivity contribution in [2.75, 3.05) is 26.3 Å². The Hall–Kier alpha value is -2.09. The van der Waals surface area contributed by atoms with Crippen LogP contribution in [0.15, 0.2) is 59.1 Å². The molecule has 2 heterocycles. The molecule has 128 valence electrons. The van der Waals surface area contributed by atoms with Crippen LogP contribution >= 0.6 is 15.9 Å². The first-order valence-electron chi connectivity index (χ1n) is 8.24. The van der Waals surface area contributed by atoms with E-state index in [1.54, 1.807) is 0 Å². The van der Waals surface area contributed by atoms with E-state index in [1.165, 1.54) is 5.56 Å². The Bertz CT molecular complexity index is 815. The van der Waals surface area contributed by atoms with Crippen LogP contribution in [-0.4, -0.2) is 51.4 Å². The van der Waals surface area contributed by atoms with Gasteiger partial charge in [-0.1, -0.05) is 46.3 Å². The largest absolute Gasteiger partial charge is 0.379 e. The molecule has 0 radical (unpaired) electrons. The van der Waals surface area contributed by atoms with Gasteiger partial charge in [0.1, 0.15) is 0 Å². The van der Waals surface area contributed by atoms with E-state index >= 15 is 0 Å². The van der Waals surface area contributed by atoms with E-state index in [0.717, 1.165) is 42.3 Å². The zero-order chi connectivity index (χ0) is 17.1. The lowest BCUT2D eigenvalue weighted by atomic mass is 10.0. The molecule has 1 aromatic heterocycles. The van der Waals surface area contributed by atoms with Gasteiger partial charge in [-0.3, -0.25) is 4.90 Å². The molecule has 1 aliphatic heterocycles. The predicted octanol–water partition coefficient (Wildman–Crippen LogP) is 2.85. The third-order valence-electron chi connectivity index (χ3n) is 4.34. The normalized spacial score (nSPS) is 16.7. The van der Waals surface area contributed by atoms with Crippen molar-refractivity contribution in [1.29, 1.82) is 0 Å². The molecule has 1 aliphatic rings. The van der Waals surface area contributed by atoms with Crippen molar-refractivity contribution in [1.82, 2.24) is 25.1 Å². The summed E-state index contributed by atoms with van der Waals surface area (Å²) < 4.78 is 8.37. The molecule has 25 heavy (non-hydrogen) atoms. The van der Waals surface area contributed by atoms with Gasteiger partial charge in [0.05, 0.1) is 24.9 Å². The molecule has 4 rings (SSSR count). The number of tetrazole rings is 1. The van der Waals surface area contributed by atoms with Crippen LogP contribution in [0.1, 0.15) is 17.4 Å². The molecule has 1 saturated heterocycles. The van der Waals surface area contributed by atoms with Gasteiger partial charge in [-0.15, -0.1) is 5.10 Å². The number of rotatable bonds is 4. The van der Waals surface area contributed by atoms with E-state index in [9.17, 15) is 0 Å². The fourth-order valence-corrected chi connectivity index (χ4v) is 3.39. The fourth-order valence-electron chi connectivity index (χ4n) is 3.12. The van der Waals surface area contributed by atoms with Crippen LogP contribution in [0, 0.1) is 0 Å². The number of hydrogen-bond donors (Lipinski definition) is 0. The topological polar surface area (TPSA) is 56.1 Å². The van der Waals surface area contributed by atoms with E-state index < -0.39 is 0 Å². The van der Waals surface area contributed by atoms with Crippen molar-refractivity contribution in [3.05, 3.63) is 70.5 Å². The molecule has 6 nitrogen and oxygen atoms in total. The maximum atomic E-state index is 5.53. The minimum atomic E-state index is -0.0104. The smallest absolute Gasteiger partial charge is 0.178 e. The molecule has 0 unspecified atom stereocenters. The lowest BCUT2D eigenvalue weighted by Crippen LogP contribution is -2.40. The summed E-state index contributed by atoms with van der Waals surface area (Å²) in [6.45, 7) is 3.16. The summed E-state index contributed by atoms with van der Waals surface area (Å²) >= 11 is 3.47. The Morgan fingerprint density at radius 1 is 0.960 bits per heavy atom. The van der Waals surface area contributed by atoms with Crippen LogP contribution in [0.2, 0.25) is 0 Å². The molecule has 7 heteroatoms. The zero-order valence-corrected chi connectivity index (χ0v) is 15.2. The van der Waals surface area contributed by atoms with Gasteiger partial charge in [-0.25, -0.2) is 0 Å². The summed E-state index contributed by atoms with van der Waals surface area (Å²) in [6, 6.07) is 18.4. The summed E-state index contributed by atoms with van der Waals surface area (Å²) in [5.74, 6) is 0.815. The van der Waals surface area contributed by atoms with Crippen LogP contribution in [0.5, 0.6) is 0 Å². The standard InChI is InChI=1S/C18H18BrN5O/c19-15-6-8-16(9-7-15)24-18(20-21-22-24)17(14-4-2-1-3-5-14)23-10-12-25-13-11-23/h1-9,17H,10-13H2/t17-/m1/s1. The molecule has 0 saturated carbocycles. The number of halogens is 1. The lowest BCUT2D eigenvalue weighted by molar-refractivity contribution is 0.0220. The first-order chi connectivity index (χ1) is 12.3. The third kappa shape index (κ3) is 3.49. The van der Waals surface area contributed by atoms with Gasteiger partial charge in [-0.05, 0) is 40.3 Å². The number of hydrogen-bond acceptors (Lipinski definition) is 5. The van der Waals surface area contributed by atoms with Crippen LogP contribution in [-0.2, 0) is 4.74 Å². The average molecular weight is 400 g/mol. The summed E-state index contributed by atoms with van der Waals surface area (Å²) in [5, 5.41) is 12.6. The van der Waals surface area contributed by atoms with Gasteiger partial charge in [0, 0.05) is 17.6 Å². The first kappa shape index (κ1) is 16.4. The monoisotopic (exact) mass is 399 g/mol. The Labute approximate surface area is 154 Å². The average Bonchev–Trinajstić information content (AvgIpc) is 3.14. The Kier molecular flexibility index (Phi) is 4.87. The molecule has 0 aliphatic carbocycles. The van der Waals surface area contributed by atoms with E-state index in [1.807, 2.05) is 35.0 Å². The Morgan fingerprint density at radius 2 is 1.68 bits per heavy atom. The number of nitrogens with zero attached hydrogens (tertiary/aromatic N) is 5. The van der Waals surface area contributed by atoms with E-state index in [4.69, 9.17) is 4.74 Å². The van der Waals surface area contributed by atoms with Crippen molar-refractivity contribution in [2.45, 2.75) is 6.04 Å². The van der Waals surface area contributed by atoms with Crippen LogP contribution in [0.4, 0.5) is 0 Å². The van der Waals surface area contributed by atoms with E-state index in [0.29, 0.717) is 0 Å². The van der Waals surface area contributed by atoms with Crippen molar-refractivity contribution < 1.29 is 4.74 Å². The molecule has 3 aromatic rings. The first-order valence-corrected chi connectivity index (χ1v) is 9.03. The minimum absolute atomic E-state index is 0.0104. The molecule has 0 N–H and O–H groups in total. The highest BCUT2D eigenvalue weighted by Crippen LogP contribution is 2.29. The summed E-state index contributed by atoms with van der Waals surface area (Å²) in [6.07, 6.45) is 0. The van der Waals surface area contributed by atoms with E-state index in [2.05, 4.69) is 60.6 Å². The Morgan fingerprint density at radius 3 is 2.40 bits per heavy atom.